The predicted molar refractivity (Wildman–Crippen MR) is 88.5 cm³/mol. The Bertz CT molecular complexity index is 745. The third kappa shape index (κ3) is 2.42. The van der Waals surface area contributed by atoms with Gasteiger partial charge in [0.25, 0.3) is 5.91 Å². The summed E-state index contributed by atoms with van der Waals surface area (Å²) in [5.41, 5.74) is 3.30. The number of carbonyl (C=O) groups is 1. The monoisotopic (exact) mass is 312 g/mol. The summed E-state index contributed by atoms with van der Waals surface area (Å²) in [7, 11) is 0. The molecule has 1 saturated carbocycles. The minimum absolute atomic E-state index is 0.118. The van der Waals surface area contributed by atoms with Crippen LogP contribution in [-0.2, 0) is 0 Å². The topological polar surface area (TPSA) is 50.5 Å². The normalized spacial score (nSPS) is 22.3. The fraction of sp³-hybridized carbons (Fsp3) is 0.611. The maximum Gasteiger partial charge on any atom is 0.259 e. The van der Waals surface area contributed by atoms with Crippen LogP contribution in [0.4, 0.5) is 0 Å². The highest BCUT2D eigenvalue weighted by Crippen LogP contribution is 2.36. The molecule has 1 atom stereocenters. The summed E-state index contributed by atoms with van der Waals surface area (Å²) in [6.07, 6.45) is 9.17. The molecule has 1 aliphatic carbocycles. The second kappa shape index (κ2) is 5.62. The highest BCUT2D eigenvalue weighted by atomic mass is 16.2. The molecule has 1 saturated heterocycles. The summed E-state index contributed by atoms with van der Waals surface area (Å²) < 4.78 is 1.78. The van der Waals surface area contributed by atoms with Crippen molar-refractivity contribution in [3.63, 3.8) is 0 Å². The molecule has 1 unspecified atom stereocenters. The molecule has 2 fully saturated rings. The number of likely N-dealkylation sites (tertiary alicyclic amines) is 1. The third-order valence-corrected chi connectivity index (χ3v) is 5.51. The van der Waals surface area contributed by atoms with E-state index in [-0.39, 0.29) is 5.91 Å². The number of carbonyl (C=O) groups excluding carboxylic acids is 1. The Hall–Kier alpha value is -1.91. The van der Waals surface area contributed by atoms with Crippen molar-refractivity contribution in [3.8, 4) is 0 Å². The molecule has 0 N–H and O–H groups in total. The Labute approximate surface area is 136 Å². The van der Waals surface area contributed by atoms with Crippen LogP contribution in [0.5, 0.6) is 0 Å². The fourth-order valence-corrected chi connectivity index (χ4v) is 4.45. The van der Waals surface area contributed by atoms with Gasteiger partial charge >= 0.3 is 0 Å². The maximum absolute atomic E-state index is 13.1. The van der Waals surface area contributed by atoms with Crippen molar-refractivity contribution in [2.24, 2.45) is 5.92 Å². The van der Waals surface area contributed by atoms with Crippen LogP contribution in [0.3, 0.4) is 0 Å². The highest BCUT2D eigenvalue weighted by Gasteiger charge is 2.37. The molecule has 5 heteroatoms. The molecule has 0 radical (unpaired) electrons. The van der Waals surface area contributed by atoms with Crippen LogP contribution in [0.15, 0.2) is 12.3 Å². The molecule has 4 rings (SSSR count). The van der Waals surface area contributed by atoms with Crippen molar-refractivity contribution in [2.45, 2.75) is 58.4 Å². The van der Waals surface area contributed by atoms with Crippen molar-refractivity contribution in [1.82, 2.24) is 19.5 Å². The van der Waals surface area contributed by atoms with Crippen LogP contribution in [0, 0.1) is 19.8 Å². The first-order valence-corrected chi connectivity index (χ1v) is 8.78. The molecule has 0 spiro atoms. The van der Waals surface area contributed by atoms with Crippen molar-refractivity contribution >= 4 is 11.6 Å². The second-order valence-corrected chi connectivity index (χ2v) is 7.09. The smallest absolute Gasteiger partial charge is 0.259 e. The first-order chi connectivity index (χ1) is 11.1. The Morgan fingerprint density at radius 2 is 1.96 bits per heavy atom. The van der Waals surface area contributed by atoms with Crippen LogP contribution in [0.1, 0.15) is 60.3 Å². The highest BCUT2D eigenvalue weighted by molar-refractivity contribution is 6.00. The largest absolute Gasteiger partial charge is 0.335 e. The lowest BCUT2D eigenvalue weighted by atomic mass is 9.96. The lowest BCUT2D eigenvalue weighted by molar-refractivity contribution is 0.0691. The first-order valence-electron chi connectivity index (χ1n) is 8.78. The van der Waals surface area contributed by atoms with Gasteiger partial charge in [0.15, 0.2) is 5.65 Å². The van der Waals surface area contributed by atoms with E-state index in [1.807, 2.05) is 19.9 Å². The van der Waals surface area contributed by atoms with Crippen molar-refractivity contribution in [3.05, 3.63) is 29.2 Å². The molecule has 0 bridgehead atoms. The van der Waals surface area contributed by atoms with Gasteiger partial charge in [0.05, 0.1) is 6.20 Å². The number of hydrogen-bond donors (Lipinski definition) is 0. The summed E-state index contributed by atoms with van der Waals surface area (Å²) in [6.45, 7) is 4.84. The van der Waals surface area contributed by atoms with Crippen molar-refractivity contribution in [2.75, 3.05) is 6.54 Å². The summed E-state index contributed by atoms with van der Waals surface area (Å²) in [5.74, 6) is 0.812. The van der Waals surface area contributed by atoms with Gasteiger partial charge in [0, 0.05) is 24.0 Å². The average molecular weight is 312 g/mol. The maximum atomic E-state index is 13.1. The number of hydrogen-bond acceptors (Lipinski definition) is 3. The molecule has 1 aliphatic heterocycles. The summed E-state index contributed by atoms with van der Waals surface area (Å²) in [4.78, 5) is 19.8. The summed E-state index contributed by atoms with van der Waals surface area (Å²) in [5, 5.41) is 4.38. The minimum atomic E-state index is 0.118. The molecule has 5 nitrogen and oxygen atoms in total. The molecule has 2 aliphatic rings. The number of fused-ring (bicyclic) bond motifs is 1. The number of aromatic nitrogens is 3. The van der Waals surface area contributed by atoms with Crippen LogP contribution in [0.2, 0.25) is 0 Å². The zero-order valence-corrected chi connectivity index (χ0v) is 14.0. The standard InChI is InChI=1S/C18H24N4O/c1-12-10-13(2)22-17(20-12)15(11-19-22)18(23)21-9-5-8-16(21)14-6-3-4-7-14/h10-11,14,16H,3-9H2,1-2H3. The van der Waals surface area contributed by atoms with Crippen LogP contribution in [-0.4, -0.2) is 38.0 Å². The van der Waals surface area contributed by atoms with Crippen LogP contribution >= 0.6 is 0 Å². The van der Waals surface area contributed by atoms with E-state index >= 15 is 0 Å². The zero-order chi connectivity index (χ0) is 16.0. The Morgan fingerprint density at radius 1 is 1.17 bits per heavy atom. The van der Waals surface area contributed by atoms with E-state index in [1.165, 1.54) is 25.7 Å². The van der Waals surface area contributed by atoms with E-state index in [0.29, 0.717) is 23.2 Å². The van der Waals surface area contributed by atoms with Gasteiger partial charge in [0.1, 0.15) is 5.56 Å². The average Bonchev–Trinajstić information content (AvgIpc) is 3.25. The van der Waals surface area contributed by atoms with Gasteiger partial charge in [-0.3, -0.25) is 4.79 Å². The van der Waals surface area contributed by atoms with Gasteiger partial charge in [-0.2, -0.15) is 5.10 Å². The van der Waals surface area contributed by atoms with Crippen molar-refractivity contribution < 1.29 is 4.79 Å². The van der Waals surface area contributed by atoms with E-state index in [0.717, 1.165) is 30.8 Å². The number of nitrogens with zero attached hydrogens (tertiary/aromatic N) is 4. The molecule has 122 valence electrons. The molecule has 1 amide bonds. The lowest BCUT2D eigenvalue weighted by Gasteiger charge is -2.29. The van der Waals surface area contributed by atoms with Gasteiger partial charge in [-0.25, -0.2) is 9.50 Å². The number of aryl methyl sites for hydroxylation is 2. The summed E-state index contributed by atoms with van der Waals surface area (Å²) >= 11 is 0. The van der Waals surface area contributed by atoms with E-state index in [4.69, 9.17) is 0 Å². The molecule has 0 aromatic carbocycles. The van der Waals surface area contributed by atoms with Gasteiger partial charge < -0.3 is 4.90 Å². The van der Waals surface area contributed by atoms with E-state index in [1.54, 1.807) is 10.7 Å². The Kier molecular flexibility index (Phi) is 3.58. The van der Waals surface area contributed by atoms with Crippen molar-refractivity contribution in [1.29, 1.82) is 0 Å². The SMILES string of the molecule is Cc1cc(C)n2ncc(C(=O)N3CCCC3C3CCCC3)c2n1. The van der Waals surface area contributed by atoms with E-state index < -0.39 is 0 Å². The van der Waals surface area contributed by atoms with Crippen LogP contribution in [0.25, 0.3) is 5.65 Å². The van der Waals surface area contributed by atoms with Gasteiger partial charge in [0.2, 0.25) is 0 Å². The molecule has 2 aromatic rings. The molecule has 2 aromatic heterocycles. The van der Waals surface area contributed by atoms with E-state index in [9.17, 15) is 4.79 Å². The van der Waals surface area contributed by atoms with E-state index in [2.05, 4.69) is 15.0 Å². The third-order valence-electron chi connectivity index (χ3n) is 5.51. The molecule has 3 heterocycles. The molecule has 23 heavy (non-hydrogen) atoms. The van der Waals surface area contributed by atoms with Gasteiger partial charge in [-0.1, -0.05) is 12.8 Å². The molecular weight excluding hydrogens is 288 g/mol. The fourth-order valence-electron chi connectivity index (χ4n) is 4.45. The Balaban J connectivity index is 1.68. The lowest BCUT2D eigenvalue weighted by Crippen LogP contribution is -2.39. The van der Waals surface area contributed by atoms with Gasteiger partial charge in [-0.15, -0.1) is 0 Å². The Morgan fingerprint density at radius 3 is 2.74 bits per heavy atom. The first kappa shape index (κ1) is 14.7. The summed E-state index contributed by atoms with van der Waals surface area (Å²) in [6, 6.07) is 2.41. The van der Waals surface area contributed by atoms with Gasteiger partial charge in [-0.05, 0) is 51.5 Å². The number of rotatable bonds is 2. The predicted octanol–water partition coefficient (Wildman–Crippen LogP) is 3.14. The molecular formula is C18H24N4O. The quantitative estimate of drug-likeness (QED) is 0.856. The number of amides is 1. The van der Waals surface area contributed by atoms with Crippen LogP contribution < -0.4 is 0 Å². The minimum Gasteiger partial charge on any atom is -0.335 e. The second-order valence-electron chi connectivity index (χ2n) is 7.09. The zero-order valence-electron chi connectivity index (χ0n) is 14.0.